The summed E-state index contributed by atoms with van der Waals surface area (Å²) in [5.41, 5.74) is 1.05. The van der Waals surface area contributed by atoms with E-state index in [4.69, 9.17) is 0 Å². The molecule has 2 rings (SSSR count). The normalized spacial score (nSPS) is 12.1. The van der Waals surface area contributed by atoms with Crippen LogP contribution in [0.2, 0.25) is 0 Å². The van der Waals surface area contributed by atoms with E-state index < -0.39 is 0 Å². The Morgan fingerprint density at radius 1 is 1.38 bits per heavy atom. The summed E-state index contributed by atoms with van der Waals surface area (Å²) in [4.78, 5) is 20.5. The van der Waals surface area contributed by atoms with E-state index in [-0.39, 0.29) is 11.9 Å². The molecular formula is C16H22N4O. The van der Waals surface area contributed by atoms with Gasteiger partial charge in [0.05, 0.1) is 6.04 Å². The second-order valence-electron chi connectivity index (χ2n) is 4.96. The number of carbonyl (C=O) groups excluding carboxylic acids is 1. The summed E-state index contributed by atoms with van der Waals surface area (Å²) in [6.45, 7) is 4.79. The monoisotopic (exact) mass is 286 g/mol. The Morgan fingerprint density at radius 3 is 2.90 bits per heavy atom. The number of pyridine rings is 1. The molecule has 112 valence electrons. The molecule has 0 aromatic carbocycles. The zero-order valence-electron chi connectivity index (χ0n) is 12.6. The zero-order valence-corrected chi connectivity index (χ0v) is 12.6. The van der Waals surface area contributed by atoms with E-state index >= 15 is 0 Å². The molecule has 0 spiro atoms. The van der Waals surface area contributed by atoms with E-state index in [0.29, 0.717) is 13.0 Å². The first kappa shape index (κ1) is 15.2. The molecule has 0 aliphatic carbocycles. The molecule has 5 nitrogen and oxygen atoms in total. The van der Waals surface area contributed by atoms with Crippen molar-refractivity contribution >= 4 is 5.91 Å². The first-order valence-corrected chi connectivity index (χ1v) is 7.43. The molecule has 0 fully saturated rings. The van der Waals surface area contributed by atoms with Crippen molar-refractivity contribution in [3.8, 4) is 0 Å². The van der Waals surface area contributed by atoms with E-state index in [0.717, 1.165) is 24.2 Å². The molecule has 0 saturated carbocycles. The van der Waals surface area contributed by atoms with Crippen LogP contribution in [0.5, 0.6) is 0 Å². The molecular weight excluding hydrogens is 264 g/mol. The predicted octanol–water partition coefficient (Wildman–Crippen LogP) is 2.50. The third kappa shape index (κ3) is 4.15. The van der Waals surface area contributed by atoms with E-state index in [1.807, 2.05) is 22.9 Å². The molecule has 1 amide bonds. The number of amides is 1. The van der Waals surface area contributed by atoms with Crippen molar-refractivity contribution in [2.75, 3.05) is 0 Å². The summed E-state index contributed by atoms with van der Waals surface area (Å²) >= 11 is 0. The number of imidazole rings is 1. The first-order valence-electron chi connectivity index (χ1n) is 7.43. The number of aryl methyl sites for hydroxylation is 2. The highest BCUT2D eigenvalue weighted by Crippen LogP contribution is 2.15. The Morgan fingerprint density at radius 2 is 2.24 bits per heavy atom. The highest BCUT2D eigenvalue weighted by atomic mass is 16.1. The number of rotatable bonds is 7. The van der Waals surface area contributed by atoms with Crippen LogP contribution in [0.4, 0.5) is 0 Å². The average molecular weight is 286 g/mol. The molecule has 1 atom stereocenters. The van der Waals surface area contributed by atoms with Gasteiger partial charge in [-0.05, 0) is 18.1 Å². The highest BCUT2D eigenvalue weighted by molar-refractivity contribution is 5.76. The van der Waals surface area contributed by atoms with Crippen LogP contribution in [0, 0.1) is 0 Å². The lowest BCUT2D eigenvalue weighted by molar-refractivity contribution is -0.122. The van der Waals surface area contributed by atoms with Crippen molar-refractivity contribution in [2.24, 2.45) is 0 Å². The molecule has 5 heteroatoms. The largest absolute Gasteiger partial charge is 0.349 e. The number of aromatic nitrogens is 3. The smallest absolute Gasteiger partial charge is 0.222 e. The van der Waals surface area contributed by atoms with Gasteiger partial charge >= 0.3 is 0 Å². The topological polar surface area (TPSA) is 59.8 Å². The van der Waals surface area contributed by atoms with Gasteiger partial charge in [-0.2, -0.15) is 0 Å². The van der Waals surface area contributed by atoms with Crippen molar-refractivity contribution in [3.63, 3.8) is 0 Å². The van der Waals surface area contributed by atoms with Crippen LogP contribution in [-0.4, -0.2) is 20.4 Å². The van der Waals surface area contributed by atoms with Crippen molar-refractivity contribution in [1.82, 2.24) is 19.9 Å². The lowest BCUT2D eigenvalue weighted by atomic mass is 10.1. The minimum absolute atomic E-state index is 0.0274. The van der Waals surface area contributed by atoms with Crippen LogP contribution in [0.3, 0.4) is 0 Å². The number of hydrogen-bond donors (Lipinski definition) is 1. The van der Waals surface area contributed by atoms with Crippen molar-refractivity contribution in [2.45, 2.75) is 45.7 Å². The third-order valence-corrected chi connectivity index (χ3v) is 3.53. The lowest BCUT2D eigenvalue weighted by Gasteiger charge is -2.17. The highest BCUT2D eigenvalue weighted by Gasteiger charge is 2.13. The fraction of sp³-hybridized carbons (Fsp3) is 0.438. The van der Waals surface area contributed by atoms with E-state index in [2.05, 4.69) is 29.1 Å². The summed E-state index contributed by atoms with van der Waals surface area (Å²) < 4.78 is 2.03. The van der Waals surface area contributed by atoms with Gasteiger partial charge in [0.2, 0.25) is 5.91 Å². The third-order valence-electron chi connectivity index (χ3n) is 3.53. The van der Waals surface area contributed by atoms with Crippen molar-refractivity contribution < 1.29 is 4.79 Å². The van der Waals surface area contributed by atoms with Crippen LogP contribution in [0.25, 0.3) is 0 Å². The van der Waals surface area contributed by atoms with E-state index in [1.54, 1.807) is 18.6 Å². The molecule has 21 heavy (non-hydrogen) atoms. The molecule has 2 aromatic heterocycles. The molecule has 1 N–H and O–H groups in total. The van der Waals surface area contributed by atoms with E-state index in [9.17, 15) is 4.79 Å². The SMILES string of the molecule is CCc1nccn1CCC(=O)N[C@H](CC)c1cccnc1. The first-order chi connectivity index (χ1) is 10.2. The van der Waals surface area contributed by atoms with Crippen LogP contribution in [0.1, 0.15) is 44.1 Å². The van der Waals surface area contributed by atoms with Gasteiger partial charge in [0, 0.05) is 44.2 Å². The molecule has 2 heterocycles. The summed E-state index contributed by atoms with van der Waals surface area (Å²) in [5, 5.41) is 3.07. The number of nitrogens with one attached hydrogen (secondary N) is 1. The molecule has 0 aliphatic rings. The summed E-state index contributed by atoms with van der Waals surface area (Å²) in [6.07, 6.45) is 9.43. The van der Waals surface area contributed by atoms with Crippen LogP contribution >= 0.6 is 0 Å². The summed E-state index contributed by atoms with van der Waals surface area (Å²) in [5.74, 6) is 1.07. The van der Waals surface area contributed by atoms with Gasteiger partial charge in [0.25, 0.3) is 0 Å². The number of hydrogen-bond acceptors (Lipinski definition) is 3. The molecule has 0 unspecified atom stereocenters. The van der Waals surface area contributed by atoms with Gasteiger partial charge < -0.3 is 9.88 Å². The Balaban J connectivity index is 1.89. The number of nitrogens with zero attached hydrogens (tertiary/aromatic N) is 3. The Bertz CT molecular complexity index is 565. The predicted molar refractivity (Wildman–Crippen MR) is 81.6 cm³/mol. The van der Waals surface area contributed by atoms with Crippen LogP contribution < -0.4 is 5.32 Å². The lowest BCUT2D eigenvalue weighted by Crippen LogP contribution is -2.29. The minimum Gasteiger partial charge on any atom is -0.349 e. The molecule has 0 bridgehead atoms. The Hall–Kier alpha value is -2.17. The fourth-order valence-corrected chi connectivity index (χ4v) is 2.35. The Labute approximate surface area is 125 Å². The van der Waals surface area contributed by atoms with Gasteiger partial charge in [-0.1, -0.05) is 19.9 Å². The molecule has 0 radical (unpaired) electrons. The average Bonchev–Trinajstić information content (AvgIpc) is 2.99. The second kappa shape index (κ2) is 7.57. The van der Waals surface area contributed by atoms with Crippen molar-refractivity contribution in [1.29, 1.82) is 0 Å². The number of carbonyl (C=O) groups is 1. The second-order valence-corrected chi connectivity index (χ2v) is 4.96. The van der Waals surface area contributed by atoms with Crippen molar-refractivity contribution in [3.05, 3.63) is 48.3 Å². The zero-order chi connectivity index (χ0) is 15.1. The maximum absolute atomic E-state index is 12.1. The summed E-state index contributed by atoms with van der Waals surface area (Å²) in [6, 6.07) is 3.91. The maximum Gasteiger partial charge on any atom is 0.222 e. The van der Waals surface area contributed by atoms with Gasteiger partial charge in [0.15, 0.2) is 0 Å². The van der Waals surface area contributed by atoms with Gasteiger partial charge in [-0.15, -0.1) is 0 Å². The summed E-state index contributed by atoms with van der Waals surface area (Å²) in [7, 11) is 0. The van der Waals surface area contributed by atoms with Crippen LogP contribution in [-0.2, 0) is 17.8 Å². The standard InChI is InChI=1S/C16H22N4O/c1-3-14(13-6-5-8-17-12-13)19-16(21)7-10-20-11-9-18-15(20)4-2/h5-6,8-9,11-12,14H,3-4,7,10H2,1-2H3,(H,19,21)/t14-/m1/s1. The molecule has 0 aliphatic heterocycles. The quantitative estimate of drug-likeness (QED) is 0.850. The van der Waals surface area contributed by atoms with Gasteiger partial charge in [-0.3, -0.25) is 9.78 Å². The molecule has 0 saturated heterocycles. The van der Waals surface area contributed by atoms with Crippen LogP contribution in [0.15, 0.2) is 36.9 Å². The van der Waals surface area contributed by atoms with Gasteiger partial charge in [-0.25, -0.2) is 4.98 Å². The minimum atomic E-state index is 0.0274. The maximum atomic E-state index is 12.1. The fourth-order valence-electron chi connectivity index (χ4n) is 2.35. The van der Waals surface area contributed by atoms with E-state index in [1.165, 1.54) is 0 Å². The molecule has 2 aromatic rings. The van der Waals surface area contributed by atoms with Gasteiger partial charge in [0.1, 0.15) is 5.82 Å². The Kier molecular flexibility index (Phi) is 5.49.